The molecule has 0 fully saturated rings. The van der Waals surface area contributed by atoms with Gasteiger partial charge >= 0.3 is 0 Å². The SMILES string of the molecule is CCC=COCCCc1cccc2c1Cc1ccccc1-2. The van der Waals surface area contributed by atoms with Gasteiger partial charge in [0.2, 0.25) is 0 Å². The van der Waals surface area contributed by atoms with Crippen LogP contribution in [0.4, 0.5) is 0 Å². The van der Waals surface area contributed by atoms with Crippen molar-refractivity contribution in [2.24, 2.45) is 0 Å². The molecule has 1 aliphatic rings. The summed E-state index contributed by atoms with van der Waals surface area (Å²) < 4.78 is 5.50. The number of ether oxygens (including phenoxy) is 1. The van der Waals surface area contributed by atoms with Crippen LogP contribution in [0.3, 0.4) is 0 Å². The fourth-order valence-electron chi connectivity index (χ4n) is 3.04. The molecule has 0 radical (unpaired) electrons. The molecular weight excluding hydrogens is 256 g/mol. The molecule has 0 bridgehead atoms. The van der Waals surface area contributed by atoms with Gasteiger partial charge < -0.3 is 4.74 Å². The smallest absolute Gasteiger partial charge is 0.0876 e. The Balaban J connectivity index is 1.68. The van der Waals surface area contributed by atoms with Crippen LogP contribution in [0.2, 0.25) is 0 Å². The Morgan fingerprint density at radius 2 is 1.90 bits per heavy atom. The zero-order valence-corrected chi connectivity index (χ0v) is 12.6. The maximum atomic E-state index is 5.50. The molecule has 2 aromatic rings. The van der Waals surface area contributed by atoms with Gasteiger partial charge in [0, 0.05) is 0 Å². The molecule has 2 aromatic carbocycles. The first-order valence-electron chi connectivity index (χ1n) is 7.86. The fourth-order valence-corrected chi connectivity index (χ4v) is 3.04. The van der Waals surface area contributed by atoms with Crippen LogP contribution in [-0.4, -0.2) is 6.61 Å². The molecule has 1 aliphatic carbocycles. The Hall–Kier alpha value is -2.02. The maximum Gasteiger partial charge on any atom is 0.0876 e. The van der Waals surface area contributed by atoms with Gasteiger partial charge in [-0.1, -0.05) is 55.5 Å². The number of rotatable bonds is 6. The summed E-state index contributed by atoms with van der Waals surface area (Å²) in [6.07, 6.45) is 8.16. The van der Waals surface area contributed by atoms with E-state index in [1.54, 1.807) is 0 Å². The number of aryl methyl sites for hydroxylation is 1. The number of fused-ring (bicyclic) bond motifs is 3. The van der Waals surface area contributed by atoms with Crippen molar-refractivity contribution in [2.75, 3.05) is 6.61 Å². The van der Waals surface area contributed by atoms with Crippen LogP contribution in [0.25, 0.3) is 11.1 Å². The lowest BCUT2D eigenvalue weighted by atomic mass is 9.98. The molecule has 21 heavy (non-hydrogen) atoms. The van der Waals surface area contributed by atoms with Crippen molar-refractivity contribution >= 4 is 0 Å². The minimum Gasteiger partial charge on any atom is -0.502 e. The molecule has 0 heterocycles. The molecule has 0 saturated heterocycles. The molecule has 0 atom stereocenters. The van der Waals surface area contributed by atoms with Gasteiger partial charge in [0.1, 0.15) is 0 Å². The number of hydrogen-bond donors (Lipinski definition) is 0. The summed E-state index contributed by atoms with van der Waals surface area (Å²) in [6, 6.07) is 15.5. The highest BCUT2D eigenvalue weighted by Gasteiger charge is 2.19. The zero-order valence-electron chi connectivity index (χ0n) is 12.6. The molecule has 3 rings (SSSR count). The average Bonchev–Trinajstić information content (AvgIpc) is 2.90. The van der Waals surface area contributed by atoms with E-state index >= 15 is 0 Å². The van der Waals surface area contributed by atoms with Gasteiger partial charge in [0.15, 0.2) is 0 Å². The van der Waals surface area contributed by atoms with Crippen LogP contribution in [-0.2, 0) is 17.6 Å². The molecule has 0 saturated carbocycles. The van der Waals surface area contributed by atoms with E-state index in [2.05, 4.69) is 55.5 Å². The summed E-state index contributed by atoms with van der Waals surface area (Å²) >= 11 is 0. The lowest BCUT2D eigenvalue weighted by molar-refractivity contribution is 0.244. The number of allylic oxidation sites excluding steroid dienone is 1. The Morgan fingerprint density at radius 1 is 1.05 bits per heavy atom. The van der Waals surface area contributed by atoms with Gasteiger partial charge in [0.05, 0.1) is 12.9 Å². The molecule has 0 spiro atoms. The van der Waals surface area contributed by atoms with E-state index in [4.69, 9.17) is 4.74 Å². The molecule has 1 heteroatoms. The summed E-state index contributed by atoms with van der Waals surface area (Å²) in [5.41, 5.74) is 7.29. The summed E-state index contributed by atoms with van der Waals surface area (Å²) in [4.78, 5) is 0. The van der Waals surface area contributed by atoms with Gasteiger partial charge in [-0.2, -0.15) is 0 Å². The van der Waals surface area contributed by atoms with Crippen LogP contribution < -0.4 is 0 Å². The summed E-state index contributed by atoms with van der Waals surface area (Å²) in [7, 11) is 0. The first-order chi connectivity index (χ1) is 10.4. The van der Waals surface area contributed by atoms with E-state index in [0.717, 1.165) is 32.3 Å². The molecule has 0 unspecified atom stereocenters. The lowest BCUT2D eigenvalue weighted by Crippen LogP contribution is -1.96. The minimum atomic E-state index is 0.799. The second-order valence-electron chi connectivity index (χ2n) is 5.53. The average molecular weight is 278 g/mol. The monoisotopic (exact) mass is 278 g/mol. The Labute approximate surface area is 127 Å². The predicted octanol–water partition coefficient (Wildman–Crippen LogP) is 5.13. The quantitative estimate of drug-likeness (QED) is 0.448. The number of hydrogen-bond acceptors (Lipinski definition) is 1. The first-order valence-corrected chi connectivity index (χ1v) is 7.86. The van der Waals surface area contributed by atoms with Crippen molar-refractivity contribution < 1.29 is 4.74 Å². The third-order valence-electron chi connectivity index (χ3n) is 4.08. The normalized spacial score (nSPS) is 12.4. The van der Waals surface area contributed by atoms with Gasteiger partial charge in [0.25, 0.3) is 0 Å². The summed E-state index contributed by atoms with van der Waals surface area (Å²) in [5, 5.41) is 0. The summed E-state index contributed by atoms with van der Waals surface area (Å²) in [6.45, 7) is 2.91. The van der Waals surface area contributed by atoms with E-state index in [9.17, 15) is 0 Å². The van der Waals surface area contributed by atoms with Crippen molar-refractivity contribution in [1.82, 2.24) is 0 Å². The Kier molecular flexibility index (Phi) is 4.40. The second-order valence-corrected chi connectivity index (χ2v) is 5.53. The van der Waals surface area contributed by atoms with Gasteiger partial charge in [-0.3, -0.25) is 0 Å². The maximum absolute atomic E-state index is 5.50. The zero-order chi connectivity index (χ0) is 14.5. The Bertz CT molecular complexity index is 640. The topological polar surface area (TPSA) is 9.23 Å². The van der Waals surface area contributed by atoms with Crippen molar-refractivity contribution in [1.29, 1.82) is 0 Å². The highest BCUT2D eigenvalue weighted by Crippen LogP contribution is 2.38. The van der Waals surface area contributed by atoms with Crippen LogP contribution in [0.1, 0.15) is 36.5 Å². The molecule has 0 N–H and O–H groups in total. The predicted molar refractivity (Wildman–Crippen MR) is 88.4 cm³/mol. The first kappa shape index (κ1) is 13.9. The van der Waals surface area contributed by atoms with E-state index in [-0.39, 0.29) is 0 Å². The molecule has 0 aromatic heterocycles. The van der Waals surface area contributed by atoms with Gasteiger partial charge in [-0.05, 0) is 53.5 Å². The van der Waals surface area contributed by atoms with Gasteiger partial charge in [-0.25, -0.2) is 0 Å². The third kappa shape index (κ3) is 3.02. The molecule has 0 aliphatic heterocycles. The Morgan fingerprint density at radius 3 is 2.81 bits per heavy atom. The molecular formula is C20H22O. The molecule has 0 amide bonds. The standard InChI is InChI=1S/C20H22O/c1-2-3-13-21-14-7-10-16-9-6-12-19-18-11-5-4-8-17(18)15-20(16)19/h3-6,8-9,11-13H,2,7,10,14-15H2,1H3. The van der Waals surface area contributed by atoms with Crippen molar-refractivity contribution in [2.45, 2.75) is 32.6 Å². The minimum absolute atomic E-state index is 0.799. The fraction of sp³-hybridized carbons (Fsp3) is 0.300. The largest absolute Gasteiger partial charge is 0.502 e. The van der Waals surface area contributed by atoms with Gasteiger partial charge in [-0.15, -0.1) is 0 Å². The van der Waals surface area contributed by atoms with E-state index in [0.29, 0.717) is 0 Å². The highest BCUT2D eigenvalue weighted by molar-refractivity contribution is 5.77. The van der Waals surface area contributed by atoms with Crippen LogP contribution >= 0.6 is 0 Å². The van der Waals surface area contributed by atoms with E-state index < -0.39 is 0 Å². The lowest BCUT2D eigenvalue weighted by Gasteiger charge is -2.08. The second kappa shape index (κ2) is 6.62. The third-order valence-corrected chi connectivity index (χ3v) is 4.08. The molecule has 1 nitrogen and oxygen atoms in total. The van der Waals surface area contributed by atoms with E-state index in [1.165, 1.54) is 27.8 Å². The highest BCUT2D eigenvalue weighted by atomic mass is 16.5. The van der Waals surface area contributed by atoms with Crippen molar-refractivity contribution in [3.05, 3.63) is 71.5 Å². The van der Waals surface area contributed by atoms with Crippen molar-refractivity contribution in [3.8, 4) is 11.1 Å². The van der Waals surface area contributed by atoms with Crippen LogP contribution in [0, 0.1) is 0 Å². The number of benzene rings is 2. The van der Waals surface area contributed by atoms with E-state index in [1.807, 2.05) is 6.26 Å². The van der Waals surface area contributed by atoms with Crippen LogP contribution in [0.5, 0.6) is 0 Å². The van der Waals surface area contributed by atoms with Crippen molar-refractivity contribution in [3.63, 3.8) is 0 Å². The van der Waals surface area contributed by atoms with Crippen LogP contribution in [0.15, 0.2) is 54.8 Å². The molecule has 108 valence electrons. The summed E-state index contributed by atoms with van der Waals surface area (Å²) in [5.74, 6) is 0.